The number of amidine groups is 1. The maximum atomic E-state index is 11.1. The van der Waals surface area contributed by atoms with Gasteiger partial charge in [-0.15, -0.1) is 0 Å². The first-order valence-corrected chi connectivity index (χ1v) is 7.87. The van der Waals surface area contributed by atoms with Crippen LogP contribution in [-0.4, -0.2) is 50.0 Å². The molecule has 0 saturated carbocycles. The molecule has 0 aromatic heterocycles. The molecule has 3 N–H and O–H groups in total. The third-order valence-corrected chi connectivity index (χ3v) is 3.71. The van der Waals surface area contributed by atoms with E-state index in [1.165, 1.54) is 23.1 Å². The van der Waals surface area contributed by atoms with Crippen LogP contribution < -0.4 is 10.6 Å². The van der Waals surface area contributed by atoms with Crippen molar-refractivity contribution in [2.75, 3.05) is 30.5 Å². The molecule has 0 aliphatic rings. The van der Waals surface area contributed by atoms with Gasteiger partial charge < -0.3 is 15.8 Å². The van der Waals surface area contributed by atoms with Crippen LogP contribution in [0.15, 0.2) is 23.4 Å². The van der Waals surface area contributed by atoms with E-state index in [9.17, 15) is 18.5 Å². The highest BCUT2D eigenvalue weighted by Crippen LogP contribution is 2.28. The van der Waals surface area contributed by atoms with Crippen LogP contribution in [0.2, 0.25) is 0 Å². The molecular weight excluding hydrogens is 300 g/mol. The second kappa shape index (κ2) is 6.39. The highest BCUT2D eigenvalue weighted by molar-refractivity contribution is 7.90. The van der Waals surface area contributed by atoms with Crippen LogP contribution >= 0.6 is 0 Å². The van der Waals surface area contributed by atoms with Crippen LogP contribution in [-0.2, 0) is 9.84 Å². The van der Waals surface area contributed by atoms with E-state index in [1.807, 2.05) is 0 Å². The number of sulfone groups is 1. The molecule has 0 radical (unpaired) electrons. The summed E-state index contributed by atoms with van der Waals surface area (Å²) in [6.07, 6.45) is 1.09. The summed E-state index contributed by atoms with van der Waals surface area (Å²) in [4.78, 5) is 12.0. The first-order chi connectivity index (χ1) is 9.65. The number of hydrogen-bond donors (Lipinski definition) is 2. The van der Waals surface area contributed by atoms with Gasteiger partial charge in [-0.25, -0.2) is 8.42 Å². The fourth-order valence-corrected chi connectivity index (χ4v) is 2.24. The smallest absolute Gasteiger partial charge is 0.293 e. The van der Waals surface area contributed by atoms with Crippen molar-refractivity contribution < 1.29 is 18.5 Å². The molecular formula is C11H16N4O5S. The van der Waals surface area contributed by atoms with Crippen molar-refractivity contribution in [3.05, 3.63) is 33.9 Å². The third kappa shape index (κ3) is 4.60. The highest BCUT2D eigenvalue weighted by atomic mass is 32.2. The van der Waals surface area contributed by atoms with E-state index < -0.39 is 14.8 Å². The number of nitrogens with zero attached hydrogens (tertiary/aromatic N) is 3. The zero-order valence-electron chi connectivity index (χ0n) is 11.6. The number of hydrogen-bond acceptors (Lipinski definition) is 7. The van der Waals surface area contributed by atoms with Gasteiger partial charge in [0, 0.05) is 31.5 Å². The van der Waals surface area contributed by atoms with E-state index in [1.54, 1.807) is 7.05 Å². The molecule has 0 bridgehead atoms. The number of nitro groups is 1. The first kappa shape index (κ1) is 16.7. The Bertz CT molecular complexity index is 671. The minimum atomic E-state index is -3.17. The van der Waals surface area contributed by atoms with Crippen LogP contribution in [0, 0.1) is 10.1 Å². The largest absolute Gasteiger partial charge is 0.409 e. The van der Waals surface area contributed by atoms with Crippen LogP contribution in [0.5, 0.6) is 0 Å². The molecule has 1 aromatic rings. The molecule has 1 aromatic carbocycles. The van der Waals surface area contributed by atoms with Gasteiger partial charge in [0.25, 0.3) is 5.69 Å². The normalized spacial score (nSPS) is 12.2. The van der Waals surface area contributed by atoms with E-state index in [4.69, 9.17) is 10.9 Å². The number of benzene rings is 1. The minimum Gasteiger partial charge on any atom is -0.409 e. The standard InChI is InChI=1S/C11H16N4O5S/c1-14(5-6-21(2,19)20)9-4-3-8(11(12)13-16)7-10(9)15(17)18/h3-4,7,16H,5-6H2,1-2H3,(H2,12,13). The molecule has 0 amide bonds. The summed E-state index contributed by atoms with van der Waals surface area (Å²) >= 11 is 0. The molecule has 0 spiro atoms. The second-order valence-electron chi connectivity index (χ2n) is 4.50. The van der Waals surface area contributed by atoms with Crippen molar-refractivity contribution in [2.24, 2.45) is 10.9 Å². The Labute approximate surface area is 121 Å². The molecule has 0 fully saturated rings. The first-order valence-electron chi connectivity index (χ1n) is 5.81. The average Bonchev–Trinajstić information content (AvgIpc) is 2.42. The van der Waals surface area contributed by atoms with E-state index >= 15 is 0 Å². The maximum Gasteiger partial charge on any atom is 0.293 e. The Morgan fingerprint density at radius 3 is 2.62 bits per heavy atom. The van der Waals surface area contributed by atoms with Crippen LogP contribution in [0.3, 0.4) is 0 Å². The lowest BCUT2D eigenvalue weighted by Crippen LogP contribution is -2.25. The van der Waals surface area contributed by atoms with Crippen molar-refractivity contribution in [3.8, 4) is 0 Å². The SMILES string of the molecule is CN(CCS(C)(=O)=O)c1ccc(C(N)=NO)cc1[N+](=O)[O-]. The van der Waals surface area contributed by atoms with Crippen molar-refractivity contribution in [3.63, 3.8) is 0 Å². The lowest BCUT2D eigenvalue weighted by molar-refractivity contribution is -0.384. The fraction of sp³-hybridized carbons (Fsp3) is 0.364. The maximum absolute atomic E-state index is 11.1. The molecule has 0 aliphatic carbocycles. The molecule has 1 rings (SSSR count). The van der Waals surface area contributed by atoms with Gasteiger partial charge in [-0.05, 0) is 12.1 Å². The van der Waals surface area contributed by atoms with E-state index in [2.05, 4.69) is 5.16 Å². The van der Waals surface area contributed by atoms with Crippen LogP contribution in [0.25, 0.3) is 0 Å². The zero-order valence-corrected chi connectivity index (χ0v) is 12.4. The zero-order chi connectivity index (χ0) is 16.2. The lowest BCUT2D eigenvalue weighted by atomic mass is 10.1. The van der Waals surface area contributed by atoms with Crippen molar-refractivity contribution in [2.45, 2.75) is 0 Å². The Kier molecular flexibility index (Phi) is 5.08. The predicted octanol–water partition coefficient (Wildman–Crippen LogP) is 0.170. The number of anilines is 1. The van der Waals surface area contributed by atoms with Crippen molar-refractivity contribution >= 4 is 27.0 Å². The topological polar surface area (TPSA) is 139 Å². The van der Waals surface area contributed by atoms with Crippen LogP contribution in [0.4, 0.5) is 11.4 Å². The number of rotatable bonds is 6. The molecule has 0 heterocycles. The van der Waals surface area contributed by atoms with Crippen molar-refractivity contribution in [1.82, 2.24) is 0 Å². The minimum absolute atomic E-state index is 0.114. The Morgan fingerprint density at radius 1 is 1.52 bits per heavy atom. The van der Waals surface area contributed by atoms with Gasteiger partial charge in [0.15, 0.2) is 5.84 Å². The number of oxime groups is 1. The summed E-state index contributed by atoms with van der Waals surface area (Å²) in [6.45, 7) is 0.114. The average molecular weight is 316 g/mol. The van der Waals surface area contributed by atoms with Gasteiger partial charge in [-0.2, -0.15) is 0 Å². The van der Waals surface area contributed by atoms with E-state index in [-0.39, 0.29) is 35.1 Å². The molecule has 0 unspecified atom stereocenters. The van der Waals surface area contributed by atoms with Crippen LogP contribution in [0.1, 0.15) is 5.56 Å². The quantitative estimate of drug-likeness (QED) is 0.251. The fourth-order valence-electron chi connectivity index (χ4n) is 1.63. The summed E-state index contributed by atoms with van der Waals surface area (Å²) in [5.41, 5.74) is 5.58. The Balaban J connectivity index is 3.15. The summed E-state index contributed by atoms with van der Waals surface area (Å²) in [6, 6.07) is 4.05. The van der Waals surface area contributed by atoms with Gasteiger partial charge in [0.1, 0.15) is 15.5 Å². The molecule has 116 valence electrons. The number of nitrogens with two attached hydrogens (primary N) is 1. The molecule has 10 heteroatoms. The summed E-state index contributed by atoms with van der Waals surface area (Å²) < 4.78 is 22.3. The number of nitro benzene ring substituents is 1. The molecule has 0 aliphatic heterocycles. The summed E-state index contributed by atoms with van der Waals surface area (Å²) in [5, 5.41) is 22.5. The molecule has 0 saturated heterocycles. The monoisotopic (exact) mass is 316 g/mol. The van der Waals surface area contributed by atoms with Gasteiger partial charge in [-0.1, -0.05) is 5.16 Å². The van der Waals surface area contributed by atoms with Gasteiger partial charge in [0.05, 0.1) is 10.7 Å². The highest BCUT2D eigenvalue weighted by Gasteiger charge is 2.19. The summed E-state index contributed by atoms with van der Waals surface area (Å²) in [5.74, 6) is -0.369. The Morgan fingerprint density at radius 2 is 2.14 bits per heavy atom. The van der Waals surface area contributed by atoms with Crippen molar-refractivity contribution in [1.29, 1.82) is 0 Å². The molecule has 9 nitrogen and oxygen atoms in total. The van der Waals surface area contributed by atoms with Gasteiger partial charge >= 0.3 is 0 Å². The molecule has 0 atom stereocenters. The van der Waals surface area contributed by atoms with E-state index in [0.717, 1.165) is 6.26 Å². The lowest BCUT2D eigenvalue weighted by Gasteiger charge is -2.19. The van der Waals surface area contributed by atoms with E-state index in [0.29, 0.717) is 0 Å². The van der Waals surface area contributed by atoms with Gasteiger partial charge in [-0.3, -0.25) is 10.1 Å². The Hall–Kier alpha value is -2.36. The second-order valence-corrected chi connectivity index (χ2v) is 6.76. The predicted molar refractivity (Wildman–Crippen MR) is 78.6 cm³/mol. The molecule has 21 heavy (non-hydrogen) atoms. The summed E-state index contributed by atoms with van der Waals surface area (Å²) in [7, 11) is -1.62. The van der Waals surface area contributed by atoms with Gasteiger partial charge in [0.2, 0.25) is 0 Å². The third-order valence-electron chi connectivity index (χ3n) is 2.78.